The van der Waals surface area contributed by atoms with Gasteiger partial charge in [0.15, 0.2) is 11.3 Å². The normalized spacial score (nSPS) is 9.80. The maximum absolute atomic E-state index is 12.4. The van der Waals surface area contributed by atoms with Crippen molar-refractivity contribution in [2.24, 2.45) is 0 Å². The number of aryl methyl sites for hydroxylation is 1. The lowest BCUT2D eigenvalue weighted by Gasteiger charge is -2.11. The molecule has 0 aliphatic heterocycles. The van der Waals surface area contributed by atoms with Gasteiger partial charge in [-0.1, -0.05) is 52.5 Å². The number of rotatable bonds is 8. The zero-order chi connectivity index (χ0) is 22.5. The number of aliphatic hydroxyl groups is 1. The van der Waals surface area contributed by atoms with Crippen molar-refractivity contribution in [2.45, 2.75) is 47.6 Å². The van der Waals surface area contributed by atoms with Crippen LogP contribution in [0.1, 0.15) is 44.4 Å². The van der Waals surface area contributed by atoms with E-state index in [2.05, 4.69) is 6.58 Å². The van der Waals surface area contributed by atoms with Gasteiger partial charge in [0.1, 0.15) is 25.6 Å². The summed E-state index contributed by atoms with van der Waals surface area (Å²) in [7, 11) is 0. The van der Waals surface area contributed by atoms with Crippen LogP contribution in [-0.4, -0.2) is 18.4 Å². The number of hydrogen-bond donors (Lipinski definition) is 1. The van der Waals surface area contributed by atoms with E-state index in [1.807, 2.05) is 71.0 Å². The Labute approximate surface area is 178 Å². The lowest BCUT2D eigenvalue weighted by atomic mass is 10.1. The molecule has 0 spiro atoms. The highest BCUT2D eigenvalue weighted by molar-refractivity contribution is 5.87. The van der Waals surface area contributed by atoms with E-state index in [4.69, 9.17) is 13.9 Å². The average molecular weight is 417 g/mol. The summed E-state index contributed by atoms with van der Waals surface area (Å²) >= 11 is 0. The number of allylic oxidation sites excluding steroid dienone is 1. The molecular formula is C25H33FO4. The van der Waals surface area contributed by atoms with Gasteiger partial charge in [-0.15, -0.1) is 0 Å². The Bertz CT molecular complexity index is 915. The summed E-state index contributed by atoms with van der Waals surface area (Å²) in [6.07, 6.45) is 1.96. The van der Waals surface area contributed by atoms with Crippen LogP contribution in [0.15, 0.2) is 59.4 Å². The molecule has 4 nitrogen and oxygen atoms in total. The predicted octanol–water partition coefficient (Wildman–Crippen LogP) is 7.34. The first kappa shape index (κ1) is 25.1. The molecule has 3 aromatic rings. The number of benzene rings is 2. The van der Waals surface area contributed by atoms with Crippen molar-refractivity contribution in [2.75, 3.05) is 13.3 Å². The molecule has 0 unspecified atom stereocenters. The van der Waals surface area contributed by atoms with Crippen LogP contribution in [-0.2, 0) is 13.0 Å². The van der Waals surface area contributed by atoms with Crippen molar-refractivity contribution in [3.63, 3.8) is 0 Å². The van der Waals surface area contributed by atoms with E-state index in [1.165, 1.54) is 0 Å². The molecule has 2 aromatic carbocycles. The van der Waals surface area contributed by atoms with Crippen LogP contribution in [0.5, 0.6) is 11.5 Å². The van der Waals surface area contributed by atoms with Crippen LogP contribution in [0.4, 0.5) is 4.39 Å². The Hall–Kier alpha value is -2.95. The van der Waals surface area contributed by atoms with Gasteiger partial charge in [0.2, 0.25) is 0 Å². The van der Waals surface area contributed by atoms with Crippen molar-refractivity contribution in [3.05, 3.63) is 71.7 Å². The summed E-state index contributed by atoms with van der Waals surface area (Å²) in [5.74, 6) is 1.29. The molecule has 0 fully saturated rings. The molecule has 0 saturated carbocycles. The van der Waals surface area contributed by atoms with Crippen LogP contribution in [0.25, 0.3) is 11.0 Å². The number of fused-ring (bicyclic) bond motifs is 1. The van der Waals surface area contributed by atoms with Crippen molar-refractivity contribution in [1.29, 1.82) is 0 Å². The number of hydrogen-bond acceptors (Lipinski definition) is 4. The van der Waals surface area contributed by atoms with Gasteiger partial charge in [-0.05, 0) is 30.7 Å². The molecule has 0 radical (unpaired) electrons. The summed E-state index contributed by atoms with van der Waals surface area (Å²) in [6.45, 7) is 13.2. The zero-order valence-corrected chi connectivity index (χ0v) is 18.6. The van der Waals surface area contributed by atoms with Gasteiger partial charge in [0, 0.05) is 22.9 Å². The summed E-state index contributed by atoms with van der Waals surface area (Å²) in [4.78, 5) is 0. The topological polar surface area (TPSA) is 51.8 Å². The Balaban J connectivity index is 0.00000106. The Morgan fingerprint density at radius 3 is 2.40 bits per heavy atom. The van der Waals surface area contributed by atoms with E-state index >= 15 is 0 Å². The first-order valence-electron chi connectivity index (χ1n) is 10.4. The van der Waals surface area contributed by atoms with Gasteiger partial charge in [-0.25, -0.2) is 4.39 Å². The predicted molar refractivity (Wildman–Crippen MR) is 121 cm³/mol. The third-order valence-corrected chi connectivity index (χ3v) is 3.95. The SMILES string of the molecule is C=C(O)Cc1ccccc1OCc1coc2c(OCCF)cc(C)cc12.CC.CC. The summed E-state index contributed by atoms with van der Waals surface area (Å²) in [5, 5.41) is 10.3. The quantitative estimate of drug-likeness (QED) is 0.390. The standard InChI is InChI=1S/C21H21FO4.2C2H6/c1-14-9-18-17(13-26-21(18)20(10-14)24-8-7-22)12-25-19-6-4-3-5-16(19)11-15(2)23;2*1-2/h3-6,9-10,13,23H,2,7-8,11-12H2,1H3;2*1-2H3. The minimum absolute atomic E-state index is 0.0104. The molecule has 0 amide bonds. The van der Waals surface area contributed by atoms with Gasteiger partial charge in [-0.3, -0.25) is 0 Å². The lowest BCUT2D eigenvalue weighted by molar-refractivity contribution is 0.273. The monoisotopic (exact) mass is 416 g/mol. The second-order valence-corrected chi connectivity index (χ2v) is 6.08. The molecule has 1 aromatic heterocycles. The molecule has 0 saturated heterocycles. The number of ether oxygens (including phenoxy) is 2. The third kappa shape index (κ3) is 6.83. The van der Waals surface area contributed by atoms with Crippen molar-refractivity contribution in [3.8, 4) is 11.5 Å². The molecule has 0 aliphatic rings. The molecule has 30 heavy (non-hydrogen) atoms. The van der Waals surface area contributed by atoms with Crippen LogP contribution in [0, 0.1) is 6.92 Å². The fraction of sp³-hybridized carbons (Fsp3) is 0.360. The van der Waals surface area contributed by atoms with Gasteiger partial charge in [0.05, 0.1) is 12.0 Å². The molecule has 5 heteroatoms. The second-order valence-electron chi connectivity index (χ2n) is 6.08. The first-order valence-corrected chi connectivity index (χ1v) is 10.4. The third-order valence-electron chi connectivity index (χ3n) is 3.95. The Morgan fingerprint density at radius 2 is 1.73 bits per heavy atom. The van der Waals surface area contributed by atoms with Crippen LogP contribution >= 0.6 is 0 Å². The Kier molecular flexibility index (Phi) is 11.1. The molecule has 0 atom stereocenters. The summed E-state index contributed by atoms with van der Waals surface area (Å²) < 4.78 is 29.4. The van der Waals surface area contributed by atoms with Crippen molar-refractivity contribution < 1.29 is 23.4 Å². The maximum Gasteiger partial charge on any atom is 0.176 e. The fourth-order valence-electron chi connectivity index (χ4n) is 2.83. The minimum atomic E-state index is -0.557. The average Bonchev–Trinajstić information content (AvgIpc) is 3.16. The van der Waals surface area contributed by atoms with Crippen molar-refractivity contribution >= 4 is 11.0 Å². The summed E-state index contributed by atoms with van der Waals surface area (Å²) in [6, 6.07) is 11.3. The lowest BCUT2D eigenvalue weighted by Crippen LogP contribution is -2.00. The smallest absolute Gasteiger partial charge is 0.176 e. The molecular weight excluding hydrogens is 383 g/mol. The number of alkyl halides is 1. The molecule has 0 aliphatic carbocycles. The van der Waals surface area contributed by atoms with Crippen LogP contribution in [0.3, 0.4) is 0 Å². The molecule has 0 bridgehead atoms. The number of halogens is 1. The zero-order valence-electron chi connectivity index (χ0n) is 18.6. The molecule has 1 heterocycles. The van der Waals surface area contributed by atoms with Crippen molar-refractivity contribution in [1.82, 2.24) is 0 Å². The largest absolute Gasteiger partial charge is 0.513 e. The van der Waals surface area contributed by atoms with Gasteiger partial charge in [0.25, 0.3) is 0 Å². The van der Waals surface area contributed by atoms with Gasteiger partial charge in [-0.2, -0.15) is 0 Å². The van der Waals surface area contributed by atoms with E-state index in [9.17, 15) is 9.50 Å². The van der Waals surface area contributed by atoms with E-state index in [0.29, 0.717) is 30.1 Å². The van der Waals surface area contributed by atoms with E-state index < -0.39 is 6.67 Å². The molecule has 1 N–H and O–H groups in total. The van der Waals surface area contributed by atoms with Gasteiger partial charge >= 0.3 is 0 Å². The van der Waals surface area contributed by atoms with E-state index in [1.54, 1.807) is 6.26 Å². The summed E-state index contributed by atoms with van der Waals surface area (Å²) in [5.41, 5.74) is 3.30. The first-order chi connectivity index (χ1) is 14.6. The highest BCUT2D eigenvalue weighted by atomic mass is 19.1. The second kappa shape index (κ2) is 13.3. The highest BCUT2D eigenvalue weighted by Gasteiger charge is 2.14. The van der Waals surface area contributed by atoms with E-state index in [0.717, 1.165) is 22.1 Å². The molecule has 164 valence electrons. The number of furan rings is 1. The maximum atomic E-state index is 12.4. The number of para-hydroxylation sites is 1. The van der Waals surface area contributed by atoms with Crippen LogP contribution in [0.2, 0.25) is 0 Å². The minimum Gasteiger partial charge on any atom is -0.513 e. The van der Waals surface area contributed by atoms with Crippen LogP contribution < -0.4 is 9.47 Å². The molecule has 3 rings (SSSR count). The van der Waals surface area contributed by atoms with E-state index in [-0.39, 0.29) is 12.4 Å². The fourth-order valence-corrected chi connectivity index (χ4v) is 2.83. The highest BCUT2D eigenvalue weighted by Crippen LogP contribution is 2.32. The number of aliphatic hydroxyl groups excluding tert-OH is 1. The Morgan fingerprint density at radius 1 is 1.03 bits per heavy atom. The van der Waals surface area contributed by atoms with Gasteiger partial charge < -0.3 is 19.0 Å².